The lowest BCUT2D eigenvalue weighted by Gasteiger charge is -2.09. The molecule has 0 saturated carbocycles. The van der Waals surface area contributed by atoms with E-state index in [1.807, 2.05) is 31.2 Å². The van der Waals surface area contributed by atoms with Crippen molar-refractivity contribution in [2.45, 2.75) is 13.3 Å². The van der Waals surface area contributed by atoms with Crippen LogP contribution in [0.15, 0.2) is 51.9 Å². The zero-order valence-electron chi connectivity index (χ0n) is 16.4. The van der Waals surface area contributed by atoms with Crippen molar-refractivity contribution in [2.24, 2.45) is 10.7 Å². The zero-order chi connectivity index (χ0) is 21.0. The summed E-state index contributed by atoms with van der Waals surface area (Å²) in [5, 5.41) is 0.593. The number of carbonyl (C=O) groups is 1. The molecule has 0 atom stereocenters. The van der Waals surface area contributed by atoms with Gasteiger partial charge in [0.1, 0.15) is 16.5 Å². The van der Waals surface area contributed by atoms with Crippen molar-refractivity contribution < 1.29 is 14.3 Å². The second-order valence-corrected chi connectivity index (χ2v) is 8.28. The molecular weight excluding hydrogens is 452 g/mol. The van der Waals surface area contributed by atoms with Crippen LogP contribution in [-0.4, -0.2) is 26.3 Å². The van der Waals surface area contributed by atoms with E-state index in [1.54, 1.807) is 26.5 Å². The molecule has 1 heterocycles. The molecule has 5 nitrogen and oxygen atoms in total. The maximum atomic E-state index is 12.1. The van der Waals surface area contributed by atoms with Crippen molar-refractivity contribution >= 4 is 44.4 Å². The molecule has 3 aromatic rings. The number of rotatable bonds is 7. The molecule has 0 saturated heterocycles. The fraction of sp³-hybridized carbons (Fsp3) is 0.182. The number of amides is 1. The number of methoxy groups -OCH3 is 2. The molecule has 29 heavy (non-hydrogen) atoms. The number of thiophene rings is 1. The Morgan fingerprint density at radius 1 is 1.17 bits per heavy atom. The Hall–Kier alpha value is -2.64. The number of halogens is 1. The third-order valence-corrected chi connectivity index (χ3v) is 6.33. The lowest BCUT2D eigenvalue weighted by Crippen LogP contribution is -2.11. The standard InChI is InChI=1S/C22H21BrN2O3S/c1-13-19(9-14-7-5-4-6-8-14)29-22(20(13)21(24)26)25-12-15-10-16(23)18(28-3)11-17(15)27-2/h4-8,10-12H,9H2,1-3H3,(H2,24,26)/b25-12+. The molecule has 7 heteroatoms. The highest BCUT2D eigenvalue weighted by atomic mass is 79.9. The highest BCUT2D eigenvalue weighted by Gasteiger charge is 2.19. The van der Waals surface area contributed by atoms with E-state index in [9.17, 15) is 4.79 Å². The van der Waals surface area contributed by atoms with Gasteiger partial charge in [-0.05, 0) is 40.0 Å². The van der Waals surface area contributed by atoms with E-state index in [0.717, 1.165) is 26.9 Å². The van der Waals surface area contributed by atoms with Gasteiger partial charge in [0.2, 0.25) is 0 Å². The first-order valence-corrected chi connectivity index (χ1v) is 10.5. The Morgan fingerprint density at radius 3 is 2.48 bits per heavy atom. The molecule has 0 spiro atoms. The molecule has 0 fully saturated rings. The van der Waals surface area contributed by atoms with Crippen molar-refractivity contribution in [3.63, 3.8) is 0 Å². The van der Waals surface area contributed by atoms with E-state index in [-0.39, 0.29) is 0 Å². The first-order valence-electron chi connectivity index (χ1n) is 8.86. The summed E-state index contributed by atoms with van der Waals surface area (Å²) in [5.74, 6) is 0.800. The van der Waals surface area contributed by atoms with E-state index < -0.39 is 5.91 Å². The summed E-state index contributed by atoms with van der Waals surface area (Å²) in [6.07, 6.45) is 2.40. The lowest BCUT2D eigenvalue weighted by atomic mass is 10.1. The van der Waals surface area contributed by atoms with Gasteiger partial charge in [0.05, 0.1) is 24.3 Å². The van der Waals surface area contributed by atoms with Crippen molar-refractivity contribution in [2.75, 3.05) is 14.2 Å². The van der Waals surface area contributed by atoms with Gasteiger partial charge >= 0.3 is 0 Å². The van der Waals surface area contributed by atoms with Crippen molar-refractivity contribution in [3.05, 3.63) is 74.1 Å². The van der Waals surface area contributed by atoms with Gasteiger partial charge in [-0.2, -0.15) is 0 Å². The monoisotopic (exact) mass is 472 g/mol. The SMILES string of the molecule is COc1cc(OC)c(/C=N/c2sc(Cc3ccccc3)c(C)c2C(N)=O)cc1Br. The van der Waals surface area contributed by atoms with Crippen LogP contribution >= 0.6 is 27.3 Å². The molecule has 0 aliphatic carbocycles. The number of hydrogen-bond acceptors (Lipinski definition) is 5. The molecule has 0 bridgehead atoms. The van der Waals surface area contributed by atoms with Crippen LogP contribution in [-0.2, 0) is 6.42 Å². The predicted octanol–water partition coefficient (Wildman–Crippen LogP) is 5.28. The zero-order valence-corrected chi connectivity index (χ0v) is 18.8. The number of ether oxygens (including phenoxy) is 2. The van der Waals surface area contributed by atoms with Crippen LogP contribution in [0.2, 0.25) is 0 Å². The maximum Gasteiger partial charge on any atom is 0.252 e. The first-order chi connectivity index (χ1) is 13.9. The van der Waals surface area contributed by atoms with Crippen LogP contribution in [0.25, 0.3) is 0 Å². The van der Waals surface area contributed by atoms with E-state index in [0.29, 0.717) is 22.1 Å². The fourth-order valence-electron chi connectivity index (χ4n) is 2.99. The number of benzene rings is 2. The third-order valence-electron chi connectivity index (χ3n) is 4.51. The summed E-state index contributed by atoms with van der Waals surface area (Å²) in [6, 6.07) is 13.7. The maximum absolute atomic E-state index is 12.1. The molecule has 0 radical (unpaired) electrons. The second kappa shape index (κ2) is 9.24. The molecule has 0 unspecified atom stereocenters. The molecule has 1 amide bonds. The summed E-state index contributed by atoms with van der Waals surface area (Å²) >= 11 is 4.95. The van der Waals surface area contributed by atoms with E-state index in [2.05, 4.69) is 33.1 Å². The van der Waals surface area contributed by atoms with Crippen LogP contribution in [0.1, 0.15) is 31.9 Å². The van der Waals surface area contributed by atoms with Crippen molar-refractivity contribution in [1.29, 1.82) is 0 Å². The van der Waals surface area contributed by atoms with E-state index in [4.69, 9.17) is 15.2 Å². The second-order valence-electron chi connectivity index (χ2n) is 6.34. The topological polar surface area (TPSA) is 73.9 Å². The highest BCUT2D eigenvalue weighted by molar-refractivity contribution is 9.10. The van der Waals surface area contributed by atoms with Gasteiger partial charge in [0, 0.05) is 29.1 Å². The summed E-state index contributed by atoms with van der Waals surface area (Å²) < 4.78 is 11.5. The lowest BCUT2D eigenvalue weighted by molar-refractivity contribution is 0.100. The molecule has 150 valence electrons. The van der Waals surface area contributed by atoms with Crippen molar-refractivity contribution in [1.82, 2.24) is 0 Å². The van der Waals surface area contributed by atoms with Crippen molar-refractivity contribution in [3.8, 4) is 11.5 Å². The number of hydrogen-bond donors (Lipinski definition) is 1. The third kappa shape index (κ3) is 4.68. The van der Waals surface area contributed by atoms with Crippen LogP contribution in [0.4, 0.5) is 5.00 Å². The van der Waals surface area contributed by atoms with Crippen LogP contribution in [0, 0.1) is 6.92 Å². The first kappa shape index (κ1) is 21.1. The molecular formula is C22H21BrN2O3S. The summed E-state index contributed by atoms with van der Waals surface area (Å²) in [7, 11) is 3.18. The van der Waals surface area contributed by atoms with Gasteiger partial charge in [-0.15, -0.1) is 11.3 Å². The highest BCUT2D eigenvalue weighted by Crippen LogP contribution is 2.37. The average Bonchev–Trinajstić information content (AvgIpc) is 3.02. The van der Waals surface area contributed by atoms with Gasteiger partial charge in [-0.1, -0.05) is 30.3 Å². The average molecular weight is 473 g/mol. The molecule has 1 aromatic heterocycles. The number of nitrogens with two attached hydrogens (primary N) is 1. The number of carbonyl (C=O) groups excluding carboxylic acids is 1. The van der Waals surface area contributed by atoms with Crippen LogP contribution in [0.3, 0.4) is 0 Å². The van der Waals surface area contributed by atoms with E-state index >= 15 is 0 Å². The molecule has 3 rings (SSSR count). The van der Waals surface area contributed by atoms with Gasteiger partial charge < -0.3 is 15.2 Å². The summed E-state index contributed by atoms with van der Waals surface area (Å²) in [6.45, 7) is 1.92. The van der Waals surface area contributed by atoms with Crippen LogP contribution in [0.5, 0.6) is 11.5 Å². The fourth-order valence-corrected chi connectivity index (χ4v) is 4.70. The Balaban J connectivity index is 1.99. The van der Waals surface area contributed by atoms with Gasteiger partial charge in [0.25, 0.3) is 5.91 Å². The van der Waals surface area contributed by atoms with Gasteiger partial charge in [0.15, 0.2) is 0 Å². The Kier molecular flexibility index (Phi) is 6.71. The summed E-state index contributed by atoms with van der Waals surface area (Å²) in [4.78, 5) is 17.7. The molecule has 0 aliphatic heterocycles. The molecule has 2 N–H and O–H groups in total. The Bertz CT molecular complexity index is 1060. The minimum absolute atomic E-state index is 0.462. The largest absolute Gasteiger partial charge is 0.496 e. The minimum atomic E-state index is -0.479. The Labute approximate surface area is 182 Å². The smallest absolute Gasteiger partial charge is 0.252 e. The molecule has 0 aliphatic rings. The van der Waals surface area contributed by atoms with E-state index in [1.165, 1.54) is 16.9 Å². The van der Waals surface area contributed by atoms with Gasteiger partial charge in [-0.25, -0.2) is 4.99 Å². The van der Waals surface area contributed by atoms with Crippen LogP contribution < -0.4 is 15.2 Å². The number of aliphatic imine (C=N–C) groups is 1. The number of primary amides is 1. The number of nitrogens with zero attached hydrogens (tertiary/aromatic N) is 1. The van der Waals surface area contributed by atoms with Gasteiger partial charge in [-0.3, -0.25) is 4.79 Å². The quantitative estimate of drug-likeness (QED) is 0.475. The minimum Gasteiger partial charge on any atom is -0.496 e. The predicted molar refractivity (Wildman–Crippen MR) is 121 cm³/mol. The normalized spacial score (nSPS) is 11.0. The molecule has 2 aromatic carbocycles. The Morgan fingerprint density at radius 2 is 1.86 bits per heavy atom. The summed E-state index contributed by atoms with van der Waals surface area (Å²) in [5.41, 5.74) is 8.92.